The van der Waals surface area contributed by atoms with E-state index in [1.807, 2.05) is 6.08 Å². The van der Waals surface area contributed by atoms with Crippen LogP contribution in [0.15, 0.2) is 12.7 Å². The third-order valence-corrected chi connectivity index (χ3v) is 4.31. The van der Waals surface area contributed by atoms with Crippen LogP contribution in [0, 0.1) is 0 Å². The predicted molar refractivity (Wildman–Crippen MR) is 86.8 cm³/mol. The molecule has 1 aliphatic carbocycles. The average Bonchev–Trinajstić information content (AvgIpc) is 3.25. The van der Waals surface area contributed by atoms with Gasteiger partial charge in [-0.2, -0.15) is 0 Å². The maximum atomic E-state index is 12.5. The summed E-state index contributed by atoms with van der Waals surface area (Å²) in [7, 11) is 0. The number of aliphatic hydroxyl groups is 1. The Bertz CT molecular complexity index is 436. The summed E-state index contributed by atoms with van der Waals surface area (Å²) in [5.74, 6) is -0.378. The minimum absolute atomic E-state index is 0.157. The highest BCUT2D eigenvalue weighted by molar-refractivity contribution is 5.90. The molecule has 2 unspecified atom stereocenters. The zero-order valence-electron chi connectivity index (χ0n) is 13.9. The van der Waals surface area contributed by atoms with Gasteiger partial charge in [-0.05, 0) is 39.0 Å². The van der Waals surface area contributed by atoms with Crippen LogP contribution < -0.4 is 5.32 Å². The van der Waals surface area contributed by atoms with Crippen molar-refractivity contribution < 1.29 is 19.4 Å². The maximum absolute atomic E-state index is 12.5. The van der Waals surface area contributed by atoms with E-state index in [2.05, 4.69) is 11.9 Å². The largest absolute Gasteiger partial charge is 0.391 e. The molecule has 130 valence electrons. The lowest BCUT2D eigenvalue weighted by atomic mass is 10.1. The van der Waals surface area contributed by atoms with Crippen molar-refractivity contribution in [2.75, 3.05) is 13.2 Å². The van der Waals surface area contributed by atoms with Crippen LogP contribution in [0.5, 0.6) is 0 Å². The molecule has 1 saturated carbocycles. The molecule has 1 aliphatic heterocycles. The highest BCUT2D eigenvalue weighted by Gasteiger charge is 2.41. The number of aliphatic hydroxyl groups excluding tert-OH is 1. The van der Waals surface area contributed by atoms with Crippen molar-refractivity contribution in [3.05, 3.63) is 12.7 Å². The van der Waals surface area contributed by atoms with Gasteiger partial charge in [0.05, 0.1) is 6.10 Å². The van der Waals surface area contributed by atoms with Crippen LogP contribution >= 0.6 is 0 Å². The summed E-state index contributed by atoms with van der Waals surface area (Å²) in [6.45, 7) is 6.08. The standard InChI is InChI=1S/C17H28N2O4/c1-3-4-5-6-9-23-12(2)17(22)19-11-14(20)10-15(19)16(21)18-13-7-8-13/h3,12-15,20H,1,4-11H2,2H3,(H,18,21)/t12-,14?,15?/m1/s1. The molecular weight excluding hydrogens is 296 g/mol. The Balaban J connectivity index is 1.82. The van der Waals surface area contributed by atoms with Gasteiger partial charge >= 0.3 is 0 Å². The number of ether oxygens (including phenoxy) is 1. The first kappa shape index (κ1) is 17.9. The first-order valence-corrected chi connectivity index (χ1v) is 8.54. The smallest absolute Gasteiger partial charge is 0.252 e. The lowest BCUT2D eigenvalue weighted by molar-refractivity contribution is -0.147. The SMILES string of the molecule is C=CCCCCO[C@H](C)C(=O)N1CC(O)CC1C(=O)NC1CC1. The molecule has 3 atom stereocenters. The molecule has 1 heterocycles. The molecule has 2 amide bonds. The Kier molecular flexibility index (Phi) is 6.59. The zero-order chi connectivity index (χ0) is 16.8. The quantitative estimate of drug-likeness (QED) is 0.490. The van der Waals surface area contributed by atoms with E-state index in [1.165, 1.54) is 4.90 Å². The van der Waals surface area contributed by atoms with Crippen molar-refractivity contribution in [3.8, 4) is 0 Å². The topological polar surface area (TPSA) is 78.9 Å². The van der Waals surface area contributed by atoms with Crippen LogP contribution in [-0.4, -0.2) is 59.3 Å². The number of β-amino-alcohol motifs (C(OH)–C–C–N with tert-alkyl or cyclic N) is 1. The van der Waals surface area contributed by atoms with Crippen LogP contribution in [0.1, 0.15) is 45.4 Å². The average molecular weight is 324 g/mol. The number of carbonyl (C=O) groups is 2. The van der Waals surface area contributed by atoms with Gasteiger partial charge < -0.3 is 20.1 Å². The number of unbranched alkanes of at least 4 members (excludes halogenated alkanes) is 2. The lowest BCUT2D eigenvalue weighted by Crippen LogP contribution is -2.49. The van der Waals surface area contributed by atoms with Crippen molar-refractivity contribution >= 4 is 11.8 Å². The molecular formula is C17H28N2O4. The van der Waals surface area contributed by atoms with Gasteiger partial charge in [0, 0.05) is 25.6 Å². The van der Waals surface area contributed by atoms with E-state index in [1.54, 1.807) is 6.92 Å². The fourth-order valence-electron chi connectivity index (χ4n) is 2.79. The monoisotopic (exact) mass is 324 g/mol. The molecule has 0 aromatic heterocycles. The van der Waals surface area contributed by atoms with E-state index in [0.29, 0.717) is 13.0 Å². The van der Waals surface area contributed by atoms with E-state index in [-0.39, 0.29) is 24.4 Å². The van der Waals surface area contributed by atoms with E-state index in [9.17, 15) is 14.7 Å². The van der Waals surface area contributed by atoms with Crippen molar-refractivity contribution in [1.82, 2.24) is 10.2 Å². The van der Waals surface area contributed by atoms with Crippen molar-refractivity contribution in [2.24, 2.45) is 0 Å². The van der Waals surface area contributed by atoms with Crippen LogP contribution in [0.3, 0.4) is 0 Å². The molecule has 2 N–H and O–H groups in total. The molecule has 2 fully saturated rings. The number of hydrogen-bond acceptors (Lipinski definition) is 4. The van der Waals surface area contributed by atoms with Gasteiger partial charge in [0.2, 0.25) is 5.91 Å². The number of hydrogen-bond donors (Lipinski definition) is 2. The molecule has 1 saturated heterocycles. The van der Waals surface area contributed by atoms with Crippen molar-refractivity contribution in [3.63, 3.8) is 0 Å². The maximum Gasteiger partial charge on any atom is 0.252 e. The highest BCUT2D eigenvalue weighted by Crippen LogP contribution is 2.23. The summed E-state index contributed by atoms with van der Waals surface area (Å²) in [5, 5.41) is 12.8. The Labute approximate surface area is 137 Å². The first-order chi connectivity index (χ1) is 11.0. The second-order valence-electron chi connectivity index (χ2n) is 6.48. The van der Waals surface area contributed by atoms with Gasteiger partial charge in [-0.1, -0.05) is 6.08 Å². The van der Waals surface area contributed by atoms with Crippen molar-refractivity contribution in [2.45, 2.75) is 69.7 Å². The van der Waals surface area contributed by atoms with Crippen molar-refractivity contribution in [1.29, 1.82) is 0 Å². The zero-order valence-corrected chi connectivity index (χ0v) is 13.9. The summed E-state index contributed by atoms with van der Waals surface area (Å²) in [5.41, 5.74) is 0. The summed E-state index contributed by atoms with van der Waals surface area (Å²) in [6.07, 6.45) is 5.72. The Morgan fingerprint density at radius 3 is 2.83 bits per heavy atom. The van der Waals surface area contributed by atoms with Gasteiger partial charge in [0.1, 0.15) is 12.1 Å². The molecule has 0 aromatic rings. The Morgan fingerprint density at radius 1 is 1.43 bits per heavy atom. The minimum atomic E-state index is -0.645. The van der Waals surface area contributed by atoms with Crippen LogP contribution in [0.4, 0.5) is 0 Å². The molecule has 23 heavy (non-hydrogen) atoms. The summed E-state index contributed by atoms with van der Waals surface area (Å²) >= 11 is 0. The first-order valence-electron chi connectivity index (χ1n) is 8.54. The number of likely N-dealkylation sites (tertiary alicyclic amines) is 1. The molecule has 6 nitrogen and oxygen atoms in total. The van der Waals surface area contributed by atoms with Gasteiger partial charge in [-0.15, -0.1) is 6.58 Å². The Morgan fingerprint density at radius 2 is 2.17 bits per heavy atom. The molecule has 6 heteroatoms. The number of carbonyl (C=O) groups excluding carboxylic acids is 2. The molecule has 2 rings (SSSR count). The van der Waals surface area contributed by atoms with Crippen LogP contribution in [0.2, 0.25) is 0 Å². The normalized spacial score (nSPS) is 25.2. The van der Waals surface area contributed by atoms with Crippen LogP contribution in [0.25, 0.3) is 0 Å². The summed E-state index contributed by atoms with van der Waals surface area (Å²) in [6, 6.07) is -0.333. The molecule has 2 aliphatic rings. The summed E-state index contributed by atoms with van der Waals surface area (Å²) < 4.78 is 5.58. The van der Waals surface area contributed by atoms with Crippen LogP contribution in [-0.2, 0) is 14.3 Å². The molecule has 0 bridgehead atoms. The number of nitrogens with zero attached hydrogens (tertiary/aromatic N) is 1. The third kappa shape index (κ3) is 5.32. The fraction of sp³-hybridized carbons (Fsp3) is 0.765. The van der Waals surface area contributed by atoms with Gasteiger partial charge in [0.25, 0.3) is 5.91 Å². The fourth-order valence-corrected chi connectivity index (χ4v) is 2.79. The number of nitrogens with one attached hydrogen (secondary N) is 1. The molecule has 0 aromatic carbocycles. The minimum Gasteiger partial charge on any atom is -0.391 e. The number of amides is 2. The highest BCUT2D eigenvalue weighted by atomic mass is 16.5. The van der Waals surface area contributed by atoms with E-state index in [0.717, 1.165) is 32.1 Å². The second kappa shape index (κ2) is 8.45. The van der Waals surface area contributed by atoms with E-state index >= 15 is 0 Å². The Hall–Kier alpha value is -1.40. The lowest BCUT2D eigenvalue weighted by Gasteiger charge is -2.26. The molecule has 0 radical (unpaired) electrons. The predicted octanol–water partition coefficient (Wildman–Crippen LogP) is 0.988. The summed E-state index contributed by atoms with van der Waals surface area (Å²) in [4.78, 5) is 26.2. The van der Waals surface area contributed by atoms with E-state index < -0.39 is 18.2 Å². The number of allylic oxidation sites excluding steroid dienone is 1. The van der Waals surface area contributed by atoms with E-state index in [4.69, 9.17) is 4.74 Å². The van der Waals surface area contributed by atoms with Gasteiger partial charge in [-0.25, -0.2) is 0 Å². The second-order valence-corrected chi connectivity index (χ2v) is 6.48. The van der Waals surface area contributed by atoms with Gasteiger partial charge in [-0.3, -0.25) is 9.59 Å². The number of rotatable bonds is 9. The molecule has 0 spiro atoms. The third-order valence-electron chi connectivity index (χ3n) is 4.31. The van der Waals surface area contributed by atoms with Gasteiger partial charge in [0.15, 0.2) is 0 Å².